The highest BCUT2D eigenvalue weighted by Crippen LogP contribution is 2.39. The fourth-order valence-electron chi connectivity index (χ4n) is 4.34. The van der Waals surface area contributed by atoms with E-state index in [1.54, 1.807) is 0 Å². The minimum absolute atomic E-state index is 0. The van der Waals surface area contributed by atoms with E-state index in [1.807, 2.05) is 0 Å². The highest BCUT2D eigenvalue weighted by molar-refractivity contribution is 5.85. The fraction of sp³-hybridized carbons (Fsp3) is 0.684. The molecule has 23 heavy (non-hydrogen) atoms. The highest BCUT2D eigenvalue weighted by atomic mass is 35.5. The van der Waals surface area contributed by atoms with Crippen molar-refractivity contribution in [1.29, 1.82) is 0 Å². The Bertz CT molecular complexity index is 424. The standard InChI is InChI=1S/C19H30N2.2ClH/c20-15-19(16-7-3-1-4-8-16)13-11-18(12-14-19)21-17-9-5-2-6-10-17;;/h1,3-4,7-8,17-18,21H,2,5-6,9-15,20H2;2*1H. The first-order valence-electron chi connectivity index (χ1n) is 8.84. The van der Waals surface area contributed by atoms with Gasteiger partial charge in [0, 0.05) is 24.0 Å². The van der Waals surface area contributed by atoms with Gasteiger partial charge in [-0.1, -0.05) is 49.6 Å². The molecule has 3 N–H and O–H groups in total. The van der Waals surface area contributed by atoms with Crippen LogP contribution in [0.4, 0.5) is 0 Å². The van der Waals surface area contributed by atoms with Crippen LogP contribution in [0.1, 0.15) is 63.4 Å². The lowest BCUT2D eigenvalue weighted by Crippen LogP contribution is -2.46. The molecule has 0 aromatic heterocycles. The molecular weight excluding hydrogens is 327 g/mol. The van der Waals surface area contributed by atoms with Gasteiger partial charge in [0.2, 0.25) is 0 Å². The number of hydrogen-bond acceptors (Lipinski definition) is 2. The molecule has 2 fully saturated rings. The van der Waals surface area contributed by atoms with Gasteiger partial charge in [0.1, 0.15) is 0 Å². The molecule has 0 unspecified atom stereocenters. The van der Waals surface area contributed by atoms with E-state index in [2.05, 4.69) is 35.6 Å². The van der Waals surface area contributed by atoms with Crippen LogP contribution in [0.25, 0.3) is 0 Å². The second-order valence-corrected chi connectivity index (χ2v) is 7.13. The molecule has 2 aliphatic rings. The molecule has 2 aliphatic carbocycles. The molecular formula is C19H32Cl2N2. The summed E-state index contributed by atoms with van der Waals surface area (Å²) < 4.78 is 0. The maximum Gasteiger partial charge on any atom is 0.00767 e. The lowest BCUT2D eigenvalue weighted by atomic mass is 9.68. The average molecular weight is 359 g/mol. The Morgan fingerprint density at radius 1 is 0.870 bits per heavy atom. The minimum atomic E-state index is 0. The predicted molar refractivity (Wildman–Crippen MR) is 104 cm³/mol. The van der Waals surface area contributed by atoms with Gasteiger partial charge in [-0.3, -0.25) is 0 Å². The van der Waals surface area contributed by atoms with Crippen molar-refractivity contribution in [3.05, 3.63) is 35.9 Å². The first kappa shape index (κ1) is 20.8. The van der Waals surface area contributed by atoms with E-state index in [0.717, 1.165) is 18.6 Å². The molecule has 0 bridgehead atoms. The van der Waals surface area contributed by atoms with Crippen LogP contribution in [0.2, 0.25) is 0 Å². The van der Waals surface area contributed by atoms with Crippen LogP contribution >= 0.6 is 24.8 Å². The maximum atomic E-state index is 6.18. The zero-order chi connectivity index (χ0) is 14.5. The van der Waals surface area contributed by atoms with E-state index in [4.69, 9.17) is 5.73 Å². The Morgan fingerprint density at radius 2 is 1.43 bits per heavy atom. The van der Waals surface area contributed by atoms with Crippen molar-refractivity contribution in [2.75, 3.05) is 6.54 Å². The molecule has 0 heterocycles. The Morgan fingerprint density at radius 3 is 2.00 bits per heavy atom. The average Bonchev–Trinajstić information content (AvgIpc) is 2.58. The molecule has 0 saturated heterocycles. The topological polar surface area (TPSA) is 38.0 Å². The third-order valence-corrected chi connectivity index (χ3v) is 5.80. The summed E-state index contributed by atoms with van der Waals surface area (Å²) in [5, 5.41) is 3.93. The Labute approximate surface area is 153 Å². The van der Waals surface area contributed by atoms with Crippen LogP contribution in [0.3, 0.4) is 0 Å². The van der Waals surface area contributed by atoms with Gasteiger partial charge in [-0.05, 0) is 44.1 Å². The van der Waals surface area contributed by atoms with Gasteiger partial charge in [0.15, 0.2) is 0 Å². The largest absolute Gasteiger partial charge is 0.330 e. The number of benzene rings is 1. The second-order valence-electron chi connectivity index (χ2n) is 7.13. The van der Waals surface area contributed by atoms with Gasteiger partial charge < -0.3 is 11.1 Å². The lowest BCUT2D eigenvalue weighted by Gasteiger charge is -2.41. The molecule has 0 radical (unpaired) electrons. The van der Waals surface area contributed by atoms with Crippen LogP contribution in [-0.2, 0) is 5.41 Å². The molecule has 0 amide bonds. The Kier molecular flexibility index (Phi) is 8.92. The Hall–Kier alpha value is -0.280. The molecule has 2 nitrogen and oxygen atoms in total. The summed E-state index contributed by atoms with van der Waals surface area (Å²) in [6.45, 7) is 0.785. The van der Waals surface area contributed by atoms with E-state index in [-0.39, 0.29) is 30.2 Å². The van der Waals surface area contributed by atoms with Crippen molar-refractivity contribution in [2.24, 2.45) is 5.73 Å². The van der Waals surface area contributed by atoms with Gasteiger partial charge in [0.25, 0.3) is 0 Å². The molecule has 4 heteroatoms. The quantitative estimate of drug-likeness (QED) is 0.825. The first-order valence-corrected chi connectivity index (χ1v) is 8.84. The van der Waals surface area contributed by atoms with Crippen molar-refractivity contribution in [3.8, 4) is 0 Å². The van der Waals surface area contributed by atoms with E-state index >= 15 is 0 Å². The molecule has 0 spiro atoms. The van der Waals surface area contributed by atoms with Crippen LogP contribution < -0.4 is 11.1 Å². The molecule has 2 saturated carbocycles. The molecule has 1 aromatic carbocycles. The lowest BCUT2D eigenvalue weighted by molar-refractivity contribution is 0.225. The zero-order valence-electron chi connectivity index (χ0n) is 14.0. The van der Waals surface area contributed by atoms with Crippen LogP contribution in [0.5, 0.6) is 0 Å². The summed E-state index contributed by atoms with van der Waals surface area (Å²) in [6, 6.07) is 12.4. The van der Waals surface area contributed by atoms with Gasteiger partial charge >= 0.3 is 0 Å². The molecule has 0 atom stereocenters. The third-order valence-electron chi connectivity index (χ3n) is 5.80. The maximum absolute atomic E-state index is 6.18. The number of rotatable bonds is 4. The van der Waals surface area contributed by atoms with Crippen molar-refractivity contribution < 1.29 is 0 Å². The minimum Gasteiger partial charge on any atom is -0.330 e. The van der Waals surface area contributed by atoms with Crippen LogP contribution in [-0.4, -0.2) is 18.6 Å². The summed E-state index contributed by atoms with van der Waals surface area (Å²) in [7, 11) is 0. The van der Waals surface area contributed by atoms with Crippen molar-refractivity contribution >= 4 is 24.8 Å². The van der Waals surface area contributed by atoms with Gasteiger partial charge in [-0.2, -0.15) is 0 Å². The molecule has 1 aromatic rings. The smallest absolute Gasteiger partial charge is 0.00767 e. The summed E-state index contributed by atoms with van der Waals surface area (Å²) in [5.41, 5.74) is 7.86. The molecule has 0 aliphatic heterocycles. The van der Waals surface area contributed by atoms with Gasteiger partial charge in [-0.15, -0.1) is 24.8 Å². The van der Waals surface area contributed by atoms with E-state index < -0.39 is 0 Å². The summed E-state index contributed by atoms with van der Waals surface area (Å²) in [5.74, 6) is 0. The third kappa shape index (κ3) is 5.09. The SMILES string of the molecule is Cl.Cl.NCC1(c2ccccc2)CCC(NC2CCCCC2)CC1. The molecule has 132 valence electrons. The van der Waals surface area contributed by atoms with Gasteiger partial charge in [-0.25, -0.2) is 0 Å². The van der Waals surface area contributed by atoms with Crippen LogP contribution in [0.15, 0.2) is 30.3 Å². The number of halogens is 2. The molecule has 3 rings (SSSR count). The van der Waals surface area contributed by atoms with Crippen LogP contribution in [0, 0.1) is 0 Å². The van der Waals surface area contributed by atoms with E-state index in [1.165, 1.54) is 63.4 Å². The first-order chi connectivity index (χ1) is 10.3. The van der Waals surface area contributed by atoms with Crippen molar-refractivity contribution in [2.45, 2.75) is 75.3 Å². The predicted octanol–water partition coefficient (Wildman–Crippen LogP) is 4.59. The normalized spacial score (nSPS) is 28.5. The summed E-state index contributed by atoms with van der Waals surface area (Å²) >= 11 is 0. The van der Waals surface area contributed by atoms with Crippen molar-refractivity contribution in [1.82, 2.24) is 5.32 Å². The second kappa shape index (κ2) is 9.88. The van der Waals surface area contributed by atoms with Crippen molar-refractivity contribution in [3.63, 3.8) is 0 Å². The Balaban J connectivity index is 0.00000132. The highest BCUT2D eigenvalue weighted by Gasteiger charge is 2.36. The number of hydrogen-bond donors (Lipinski definition) is 2. The number of nitrogens with one attached hydrogen (secondary N) is 1. The fourth-order valence-corrected chi connectivity index (χ4v) is 4.34. The summed E-state index contributed by atoms with van der Waals surface area (Å²) in [4.78, 5) is 0. The van der Waals surface area contributed by atoms with E-state index in [9.17, 15) is 0 Å². The monoisotopic (exact) mass is 358 g/mol. The summed E-state index contributed by atoms with van der Waals surface area (Å²) in [6.07, 6.45) is 12.1. The van der Waals surface area contributed by atoms with Gasteiger partial charge in [0.05, 0.1) is 0 Å². The van der Waals surface area contributed by atoms with E-state index in [0.29, 0.717) is 0 Å². The zero-order valence-corrected chi connectivity index (χ0v) is 15.6. The number of nitrogens with two attached hydrogens (primary N) is 1.